The van der Waals surface area contributed by atoms with E-state index in [1.807, 2.05) is 0 Å². The lowest BCUT2D eigenvalue weighted by Gasteiger charge is -2.25. The molecule has 0 heterocycles. The predicted molar refractivity (Wildman–Crippen MR) is 90.5 cm³/mol. The lowest BCUT2D eigenvalue weighted by Crippen LogP contribution is -2.14. The van der Waals surface area contributed by atoms with Gasteiger partial charge in [-0.05, 0) is 66.1 Å². The zero-order valence-corrected chi connectivity index (χ0v) is 14.2. The molecule has 0 saturated heterocycles. The van der Waals surface area contributed by atoms with Crippen molar-refractivity contribution in [3.05, 3.63) is 83.4 Å². The van der Waals surface area contributed by atoms with Crippen molar-refractivity contribution < 1.29 is 29.8 Å². The number of fused-ring (bicyclic) bond motifs is 1. The minimum absolute atomic E-state index is 0.0199. The maximum atomic E-state index is 10.7. The molecule has 0 fully saturated rings. The van der Waals surface area contributed by atoms with E-state index in [9.17, 15) is 30.3 Å². The zero-order chi connectivity index (χ0) is 20.3. The fourth-order valence-electron chi connectivity index (χ4n) is 3.24. The first-order chi connectivity index (χ1) is 13.3. The Morgan fingerprint density at radius 2 is 1.46 bits per heavy atom. The van der Waals surface area contributed by atoms with E-state index in [2.05, 4.69) is 14.5 Å². The number of rotatable bonds is 7. The molecule has 0 amide bonds. The van der Waals surface area contributed by atoms with Gasteiger partial charge in [-0.2, -0.15) is 0 Å². The fourth-order valence-corrected chi connectivity index (χ4v) is 3.24. The monoisotopic (exact) mass is 391 g/mol. The Hall–Kier alpha value is -3.96. The highest BCUT2D eigenvalue weighted by Gasteiger charge is 2.23. The molecule has 0 saturated carbocycles. The van der Waals surface area contributed by atoms with Crippen LogP contribution in [0.3, 0.4) is 0 Å². The lowest BCUT2D eigenvalue weighted by molar-refractivity contribution is -0.721. The smallest absolute Gasteiger partial charge is 0.276 e. The van der Waals surface area contributed by atoms with Gasteiger partial charge in [-0.25, -0.2) is 0 Å². The van der Waals surface area contributed by atoms with Gasteiger partial charge in [0.05, 0.1) is 0 Å². The Morgan fingerprint density at radius 1 is 0.786 bits per heavy atom. The van der Waals surface area contributed by atoms with E-state index in [1.54, 1.807) is 18.2 Å². The molecule has 3 rings (SSSR count). The third-order valence-corrected chi connectivity index (χ3v) is 4.37. The third kappa shape index (κ3) is 4.41. The number of hydrogen-bond acceptors (Lipinski definition) is 9. The van der Waals surface area contributed by atoms with Crippen molar-refractivity contribution >= 4 is 0 Å². The maximum Gasteiger partial charge on any atom is 0.299 e. The van der Waals surface area contributed by atoms with E-state index in [1.165, 1.54) is 18.2 Å². The van der Waals surface area contributed by atoms with Gasteiger partial charge >= 0.3 is 0 Å². The molecule has 1 unspecified atom stereocenters. The second-order valence-electron chi connectivity index (χ2n) is 6.02. The van der Waals surface area contributed by atoms with Gasteiger partial charge in [0.2, 0.25) is 0 Å². The molecular weight excluding hydrogens is 378 g/mol. The topological polar surface area (TPSA) is 157 Å². The minimum Gasteiger partial charge on any atom is -0.276 e. The summed E-state index contributed by atoms with van der Waals surface area (Å²) >= 11 is 0. The molecule has 1 atom stereocenters. The highest BCUT2D eigenvalue weighted by atomic mass is 17.0. The van der Waals surface area contributed by atoms with Crippen LogP contribution in [0.2, 0.25) is 0 Å². The second-order valence-corrected chi connectivity index (χ2v) is 6.02. The summed E-state index contributed by atoms with van der Waals surface area (Å²) in [6.45, 7) is 0. The normalized spacial score (nSPS) is 15.2. The first-order valence-corrected chi connectivity index (χ1v) is 8.04. The molecule has 0 bridgehead atoms. The summed E-state index contributed by atoms with van der Waals surface area (Å²) in [5, 5.41) is 28.6. The van der Waals surface area contributed by atoms with Gasteiger partial charge in [0.15, 0.2) is 11.5 Å². The lowest BCUT2D eigenvalue weighted by atomic mass is 9.80. The molecule has 1 aliphatic carbocycles. The minimum atomic E-state index is -1.08. The molecule has 1 aliphatic rings. The Bertz CT molecular complexity index is 947. The molecule has 2 aromatic rings. The van der Waals surface area contributed by atoms with Crippen molar-refractivity contribution in [2.45, 2.75) is 25.2 Å². The molecule has 0 aliphatic heterocycles. The zero-order valence-electron chi connectivity index (χ0n) is 14.2. The molecule has 12 nitrogen and oxygen atoms in total. The van der Waals surface area contributed by atoms with Gasteiger partial charge < -0.3 is 0 Å². The second kappa shape index (κ2) is 7.73. The van der Waals surface area contributed by atoms with Crippen molar-refractivity contribution in [3.63, 3.8) is 0 Å². The Labute approximate surface area is 156 Å². The largest absolute Gasteiger partial charge is 0.299 e. The molecule has 12 heteroatoms. The number of benzene rings is 2. The Kier molecular flexibility index (Phi) is 5.20. The van der Waals surface area contributed by atoms with E-state index in [4.69, 9.17) is 0 Å². The predicted octanol–water partition coefficient (Wildman–Crippen LogP) is 2.67. The van der Waals surface area contributed by atoms with Crippen molar-refractivity contribution in [2.75, 3.05) is 0 Å². The summed E-state index contributed by atoms with van der Waals surface area (Å²) < 4.78 is 0. The number of aryl methyl sites for hydroxylation is 1. The van der Waals surface area contributed by atoms with Gasteiger partial charge in [-0.3, -0.25) is 14.5 Å². The van der Waals surface area contributed by atoms with Crippen LogP contribution in [0.25, 0.3) is 0 Å². The van der Waals surface area contributed by atoms with Crippen molar-refractivity contribution in [1.29, 1.82) is 0 Å². The molecular formula is C16H13N3O9. The molecule has 0 N–H and O–H groups in total. The summed E-state index contributed by atoms with van der Waals surface area (Å²) in [4.78, 5) is 44.8. The number of hydrogen-bond donors (Lipinski definition) is 0. The van der Waals surface area contributed by atoms with E-state index >= 15 is 0 Å². The first kappa shape index (κ1) is 18.8. The average molecular weight is 391 g/mol. The summed E-state index contributed by atoms with van der Waals surface area (Å²) in [5.41, 5.74) is 2.59. The summed E-state index contributed by atoms with van der Waals surface area (Å²) in [6, 6.07) is 9.04. The van der Waals surface area contributed by atoms with Crippen molar-refractivity contribution in [3.8, 4) is 17.2 Å². The van der Waals surface area contributed by atoms with Crippen molar-refractivity contribution in [1.82, 2.24) is 0 Å². The van der Waals surface area contributed by atoms with Crippen molar-refractivity contribution in [2.24, 2.45) is 0 Å². The van der Waals surface area contributed by atoms with Crippen LogP contribution >= 0.6 is 0 Å². The highest BCUT2D eigenvalue weighted by Crippen LogP contribution is 2.38. The quantitative estimate of drug-likeness (QED) is 0.511. The van der Waals surface area contributed by atoms with Crippen LogP contribution in [0.1, 0.15) is 29.0 Å². The average Bonchev–Trinajstić information content (AvgIpc) is 2.61. The van der Waals surface area contributed by atoms with E-state index in [-0.39, 0.29) is 23.2 Å². The van der Waals surface area contributed by atoms with E-state index < -0.39 is 15.3 Å². The molecule has 0 aromatic heterocycles. The Balaban J connectivity index is 1.83. The van der Waals surface area contributed by atoms with Crippen LogP contribution in [0.5, 0.6) is 17.2 Å². The molecule has 146 valence electrons. The summed E-state index contributed by atoms with van der Waals surface area (Å²) in [5.74, 6) is -0.610. The van der Waals surface area contributed by atoms with E-state index in [0.717, 1.165) is 11.1 Å². The van der Waals surface area contributed by atoms with Gasteiger partial charge in [-0.1, -0.05) is 12.1 Å². The van der Waals surface area contributed by atoms with Crippen LogP contribution in [0.4, 0.5) is 0 Å². The standard InChI is InChI=1S/C16H13N3O9/c20-17(21)26-14-5-3-11-7-10(1-2-12(11)8-14)13-4-6-15(27-18(22)23)16(9-13)28-19(24)25/h3-6,8-10H,1-2,7H2. The molecule has 28 heavy (non-hydrogen) atoms. The maximum absolute atomic E-state index is 10.7. The van der Waals surface area contributed by atoms with Crippen LogP contribution in [-0.4, -0.2) is 15.3 Å². The van der Waals surface area contributed by atoms with Crippen LogP contribution in [0, 0.1) is 30.3 Å². The SMILES string of the molecule is O=[N+]([O-])Oc1ccc2c(c1)CCC(c1ccc(O[N+](=O)[O-])c(O[N+](=O)[O-])c1)C2. The Morgan fingerprint density at radius 3 is 2.14 bits per heavy atom. The van der Waals surface area contributed by atoms with Crippen LogP contribution in [-0.2, 0) is 12.8 Å². The summed E-state index contributed by atoms with van der Waals surface area (Å²) in [7, 11) is 0. The van der Waals surface area contributed by atoms with E-state index in [0.29, 0.717) is 24.8 Å². The van der Waals surface area contributed by atoms with Gasteiger partial charge in [0, 0.05) is 0 Å². The summed E-state index contributed by atoms with van der Waals surface area (Å²) in [6.07, 6.45) is 1.87. The van der Waals surface area contributed by atoms with Gasteiger partial charge in [0.1, 0.15) is 5.75 Å². The fraction of sp³-hybridized carbons (Fsp3) is 0.250. The van der Waals surface area contributed by atoms with Gasteiger partial charge in [-0.15, -0.1) is 30.3 Å². The van der Waals surface area contributed by atoms with Crippen LogP contribution in [0.15, 0.2) is 36.4 Å². The van der Waals surface area contributed by atoms with Crippen LogP contribution < -0.4 is 14.5 Å². The number of nitrogens with zero attached hydrogens (tertiary/aromatic N) is 3. The molecule has 0 radical (unpaired) electrons. The first-order valence-electron chi connectivity index (χ1n) is 8.04. The molecule has 2 aromatic carbocycles. The highest BCUT2D eigenvalue weighted by molar-refractivity contribution is 5.45. The third-order valence-electron chi connectivity index (χ3n) is 4.37. The van der Waals surface area contributed by atoms with Gasteiger partial charge in [0.25, 0.3) is 15.3 Å². The molecule has 0 spiro atoms.